The standard InChI is InChI=1S/C9H16OSi/c1-5-6-7-8-9(10)11(2,3)4/h1H,6-8H2,2-4H3. The highest BCUT2D eigenvalue weighted by Crippen LogP contribution is 2.07. The normalized spacial score (nSPS) is 10.7. The van der Waals surface area contributed by atoms with Crippen molar-refractivity contribution in [1.82, 2.24) is 0 Å². The molecule has 0 aliphatic heterocycles. The second-order valence-corrected chi connectivity index (χ2v) is 8.79. The van der Waals surface area contributed by atoms with E-state index in [9.17, 15) is 4.79 Å². The van der Waals surface area contributed by atoms with E-state index in [1.54, 1.807) is 0 Å². The summed E-state index contributed by atoms with van der Waals surface area (Å²) in [6.45, 7) is 6.22. The molecule has 0 aromatic carbocycles. The van der Waals surface area contributed by atoms with Crippen molar-refractivity contribution in [3.8, 4) is 12.3 Å². The highest BCUT2D eigenvalue weighted by Gasteiger charge is 2.22. The van der Waals surface area contributed by atoms with Crippen molar-refractivity contribution < 1.29 is 4.79 Å². The van der Waals surface area contributed by atoms with Crippen LogP contribution in [-0.2, 0) is 4.79 Å². The molecule has 0 spiro atoms. The Bertz CT molecular complexity index is 171. The monoisotopic (exact) mass is 168 g/mol. The van der Waals surface area contributed by atoms with E-state index in [2.05, 4.69) is 25.6 Å². The van der Waals surface area contributed by atoms with Gasteiger partial charge in [0.25, 0.3) is 0 Å². The van der Waals surface area contributed by atoms with Gasteiger partial charge < -0.3 is 4.79 Å². The van der Waals surface area contributed by atoms with Crippen LogP contribution >= 0.6 is 0 Å². The van der Waals surface area contributed by atoms with Gasteiger partial charge in [-0.3, -0.25) is 0 Å². The summed E-state index contributed by atoms with van der Waals surface area (Å²) < 4.78 is 0. The van der Waals surface area contributed by atoms with Gasteiger partial charge in [0.1, 0.15) is 13.5 Å². The first-order valence-electron chi connectivity index (χ1n) is 3.95. The van der Waals surface area contributed by atoms with Crippen molar-refractivity contribution in [2.24, 2.45) is 0 Å². The average molecular weight is 168 g/mol. The van der Waals surface area contributed by atoms with Crippen molar-refractivity contribution >= 4 is 13.5 Å². The molecule has 0 radical (unpaired) electrons. The van der Waals surface area contributed by atoms with E-state index in [0.717, 1.165) is 12.8 Å². The molecule has 11 heavy (non-hydrogen) atoms. The zero-order valence-electron chi connectivity index (χ0n) is 7.61. The summed E-state index contributed by atoms with van der Waals surface area (Å²) in [5.74, 6) is 2.54. The van der Waals surface area contributed by atoms with Gasteiger partial charge in [0, 0.05) is 12.8 Å². The predicted octanol–water partition coefficient (Wildman–Crippen LogP) is 2.24. The first-order chi connectivity index (χ1) is 4.98. The summed E-state index contributed by atoms with van der Waals surface area (Å²) in [4.78, 5) is 11.3. The Morgan fingerprint density at radius 1 is 1.45 bits per heavy atom. The van der Waals surface area contributed by atoms with Gasteiger partial charge in [0.15, 0.2) is 0 Å². The summed E-state index contributed by atoms with van der Waals surface area (Å²) >= 11 is 0. The zero-order chi connectivity index (χ0) is 8.91. The van der Waals surface area contributed by atoms with Crippen LogP contribution in [0.2, 0.25) is 19.6 Å². The number of carbonyl (C=O) groups excluding carboxylic acids is 1. The first-order valence-corrected chi connectivity index (χ1v) is 7.45. The molecule has 0 unspecified atom stereocenters. The molecule has 0 aromatic heterocycles. The Labute approximate surface area is 70.2 Å². The maximum absolute atomic E-state index is 11.3. The Morgan fingerprint density at radius 3 is 2.36 bits per heavy atom. The molecule has 62 valence electrons. The van der Waals surface area contributed by atoms with Crippen LogP contribution in [0.1, 0.15) is 19.3 Å². The highest BCUT2D eigenvalue weighted by atomic mass is 28.3. The number of terminal acetylenes is 1. The first kappa shape index (κ1) is 10.4. The fourth-order valence-corrected chi connectivity index (χ4v) is 1.65. The third-order valence-corrected chi connectivity index (χ3v) is 3.48. The second kappa shape index (κ2) is 4.35. The quantitative estimate of drug-likeness (QED) is 0.357. The Morgan fingerprint density at radius 2 is 2.00 bits per heavy atom. The van der Waals surface area contributed by atoms with Crippen LogP contribution in [0.15, 0.2) is 0 Å². The lowest BCUT2D eigenvalue weighted by molar-refractivity contribution is -0.112. The van der Waals surface area contributed by atoms with Gasteiger partial charge in [-0.25, -0.2) is 0 Å². The van der Waals surface area contributed by atoms with Crippen LogP contribution < -0.4 is 0 Å². The number of rotatable bonds is 4. The lowest BCUT2D eigenvalue weighted by atomic mass is 10.2. The largest absolute Gasteiger partial charge is 0.305 e. The smallest absolute Gasteiger partial charge is 0.123 e. The minimum atomic E-state index is -1.52. The molecule has 0 N–H and O–H groups in total. The number of hydrogen-bond donors (Lipinski definition) is 0. The van der Waals surface area contributed by atoms with Gasteiger partial charge in [0.2, 0.25) is 0 Å². The van der Waals surface area contributed by atoms with Gasteiger partial charge in [-0.05, 0) is 6.42 Å². The van der Waals surface area contributed by atoms with E-state index in [1.165, 1.54) is 0 Å². The van der Waals surface area contributed by atoms with Crippen LogP contribution in [0.4, 0.5) is 0 Å². The molecular weight excluding hydrogens is 152 g/mol. The van der Waals surface area contributed by atoms with Crippen molar-refractivity contribution in [2.75, 3.05) is 0 Å². The molecule has 0 fully saturated rings. The van der Waals surface area contributed by atoms with E-state index >= 15 is 0 Å². The van der Waals surface area contributed by atoms with Crippen LogP contribution in [0.5, 0.6) is 0 Å². The Kier molecular flexibility index (Phi) is 4.13. The molecule has 0 heterocycles. The molecule has 0 atom stereocenters. The summed E-state index contributed by atoms with van der Waals surface area (Å²) in [6.07, 6.45) is 7.35. The molecule has 2 heteroatoms. The lowest BCUT2D eigenvalue weighted by Crippen LogP contribution is -2.32. The topological polar surface area (TPSA) is 17.1 Å². The fourth-order valence-electron chi connectivity index (χ4n) is 0.726. The summed E-state index contributed by atoms with van der Waals surface area (Å²) in [7, 11) is -1.52. The van der Waals surface area contributed by atoms with Crippen LogP contribution in [0, 0.1) is 12.3 Å². The summed E-state index contributed by atoms with van der Waals surface area (Å²) in [6, 6.07) is 0. The van der Waals surface area contributed by atoms with Crippen LogP contribution in [0.3, 0.4) is 0 Å². The van der Waals surface area contributed by atoms with E-state index in [4.69, 9.17) is 6.42 Å². The molecule has 0 saturated heterocycles. The lowest BCUT2D eigenvalue weighted by Gasteiger charge is -2.12. The molecule has 0 saturated carbocycles. The van der Waals surface area contributed by atoms with Crippen LogP contribution in [-0.4, -0.2) is 13.5 Å². The Balaban J connectivity index is 3.64. The van der Waals surface area contributed by atoms with Gasteiger partial charge >= 0.3 is 0 Å². The maximum Gasteiger partial charge on any atom is 0.123 e. The SMILES string of the molecule is C#CCCCC(=O)[Si](C)(C)C. The van der Waals surface area contributed by atoms with Crippen molar-refractivity contribution in [2.45, 2.75) is 38.9 Å². The maximum atomic E-state index is 11.3. The van der Waals surface area contributed by atoms with Crippen molar-refractivity contribution in [3.05, 3.63) is 0 Å². The fraction of sp³-hybridized carbons (Fsp3) is 0.667. The van der Waals surface area contributed by atoms with Crippen LogP contribution in [0.25, 0.3) is 0 Å². The molecule has 0 aliphatic rings. The second-order valence-electron chi connectivity index (χ2n) is 3.73. The van der Waals surface area contributed by atoms with E-state index in [1.807, 2.05) is 0 Å². The third kappa shape index (κ3) is 4.80. The van der Waals surface area contributed by atoms with Gasteiger partial charge in [-0.2, -0.15) is 0 Å². The van der Waals surface area contributed by atoms with E-state index in [0.29, 0.717) is 11.8 Å². The summed E-state index contributed by atoms with van der Waals surface area (Å²) in [5, 5.41) is 0.438. The molecule has 0 amide bonds. The number of unbranched alkanes of at least 4 members (excludes halogenated alkanes) is 1. The molecule has 0 bridgehead atoms. The minimum absolute atomic E-state index is 0.438. The average Bonchev–Trinajstić information content (AvgIpc) is 1.86. The summed E-state index contributed by atoms with van der Waals surface area (Å²) in [5.41, 5.74) is 0. The van der Waals surface area contributed by atoms with Gasteiger partial charge in [-0.15, -0.1) is 12.3 Å². The highest BCUT2D eigenvalue weighted by molar-refractivity contribution is 7.03. The van der Waals surface area contributed by atoms with E-state index in [-0.39, 0.29) is 0 Å². The van der Waals surface area contributed by atoms with Gasteiger partial charge in [-0.1, -0.05) is 19.6 Å². The Hall–Kier alpha value is -0.553. The molecular formula is C9H16OSi. The zero-order valence-corrected chi connectivity index (χ0v) is 8.61. The molecule has 0 aliphatic carbocycles. The number of hydrogen-bond acceptors (Lipinski definition) is 1. The van der Waals surface area contributed by atoms with Gasteiger partial charge in [0.05, 0.1) is 0 Å². The molecule has 1 nitrogen and oxygen atoms in total. The van der Waals surface area contributed by atoms with Crippen molar-refractivity contribution in [3.63, 3.8) is 0 Å². The minimum Gasteiger partial charge on any atom is -0.305 e. The third-order valence-electron chi connectivity index (χ3n) is 1.56. The molecule has 0 rings (SSSR count). The molecule has 0 aromatic rings. The number of carbonyl (C=O) groups is 1. The van der Waals surface area contributed by atoms with E-state index < -0.39 is 8.07 Å². The van der Waals surface area contributed by atoms with Crippen molar-refractivity contribution in [1.29, 1.82) is 0 Å². The predicted molar refractivity (Wildman–Crippen MR) is 51.0 cm³/mol.